The molecule has 0 radical (unpaired) electrons. The molecular formula is C21H25N5O2S. The number of thioether (sulfide) groups is 1. The second-order valence-corrected chi connectivity index (χ2v) is 8.72. The van der Waals surface area contributed by atoms with Gasteiger partial charge in [-0.05, 0) is 28.7 Å². The van der Waals surface area contributed by atoms with Crippen molar-refractivity contribution < 1.29 is 9.53 Å². The summed E-state index contributed by atoms with van der Waals surface area (Å²) in [6.45, 7) is 6.64. The van der Waals surface area contributed by atoms with Crippen molar-refractivity contribution in [3.8, 4) is 5.75 Å². The fourth-order valence-electron chi connectivity index (χ4n) is 2.71. The van der Waals surface area contributed by atoms with E-state index in [0.29, 0.717) is 11.0 Å². The number of ether oxygens (including phenoxy) is 1. The van der Waals surface area contributed by atoms with E-state index in [9.17, 15) is 4.79 Å². The molecule has 0 saturated carbocycles. The Morgan fingerprint density at radius 2 is 1.76 bits per heavy atom. The minimum absolute atomic E-state index is 0.0812. The lowest BCUT2D eigenvalue weighted by molar-refractivity contribution is -0.117. The van der Waals surface area contributed by atoms with Gasteiger partial charge in [-0.3, -0.25) is 4.79 Å². The molecule has 0 saturated heterocycles. The molecule has 4 N–H and O–H groups in total. The highest BCUT2D eigenvalue weighted by Crippen LogP contribution is 2.33. The number of rotatable bonds is 7. The van der Waals surface area contributed by atoms with Gasteiger partial charge in [-0.1, -0.05) is 75.0 Å². The summed E-state index contributed by atoms with van der Waals surface area (Å²) >= 11 is 1.16. The molecule has 0 bridgehead atoms. The van der Waals surface area contributed by atoms with Crippen LogP contribution in [0.3, 0.4) is 0 Å². The molecule has 7 nitrogen and oxygen atoms in total. The van der Waals surface area contributed by atoms with Gasteiger partial charge in [0.2, 0.25) is 11.1 Å². The Morgan fingerprint density at radius 3 is 2.34 bits per heavy atom. The van der Waals surface area contributed by atoms with E-state index in [4.69, 9.17) is 16.3 Å². The maximum atomic E-state index is 11.9. The van der Waals surface area contributed by atoms with Crippen LogP contribution < -0.4 is 16.3 Å². The van der Waals surface area contributed by atoms with Crippen LogP contribution in [0.1, 0.15) is 43.0 Å². The van der Waals surface area contributed by atoms with Gasteiger partial charge in [0.25, 0.3) is 0 Å². The number of primary amides is 1. The highest BCUT2D eigenvalue weighted by atomic mass is 32.2. The number of carbonyl (C=O) groups is 1. The lowest BCUT2D eigenvalue weighted by Gasteiger charge is -2.19. The zero-order chi connectivity index (χ0) is 21.0. The molecule has 0 fully saturated rings. The van der Waals surface area contributed by atoms with E-state index in [-0.39, 0.29) is 12.0 Å². The summed E-state index contributed by atoms with van der Waals surface area (Å²) in [5.41, 5.74) is 7.66. The van der Waals surface area contributed by atoms with Gasteiger partial charge in [-0.15, -0.1) is 10.2 Å². The van der Waals surface area contributed by atoms with Gasteiger partial charge in [-0.2, -0.15) is 0 Å². The van der Waals surface area contributed by atoms with Gasteiger partial charge in [0.1, 0.15) is 17.6 Å². The summed E-state index contributed by atoms with van der Waals surface area (Å²) in [6.07, 6.45) is 0. The number of nitrogens with two attached hydrogens (primary N) is 2. The summed E-state index contributed by atoms with van der Waals surface area (Å²) in [4.78, 5) is 11.9. The molecular weight excluding hydrogens is 386 g/mol. The zero-order valence-electron chi connectivity index (χ0n) is 16.7. The third-order valence-electron chi connectivity index (χ3n) is 4.41. The van der Waals surface area contributed by atoms with Crippen LogP contribution in [0.15, 0.2) is 59.8 Å². The van der Waals surface area contributed by atoms with Crippen LogP contribution in [0.25, 0.3) is 0 Å². The highest BCUT2D eigenvalue weighted by Gasteiger charge is 2.23. The number of carbonyl (C=O) groups excluding carboxylic acids is 1. The van der Waals surface area contributed by atoms with Gasteiger partial charge < -0.3 is 16.3 Å². The summed E-state index contributed by atoms with van der Waals surface area (Å²) in [7, 11) is 0. The topological polar surface area (TPSA) is 109 Å². The predicted molar refractivity (Wildman–Crippen MR) is 114 cm³/mol. The zero-order valence-corrected chi connectivity index (χ0v) is 17.5. The molecule has 0 aliphatic carbocycles. The normalized spacial score (nSPS) is 12.5. The lowest BCUT2D eigenvalue weighted by Crippen LogP contribution is -2.21. The van der Waals surface area contributed by atoms with E-state index >= 15 is 0 Å². The van der Waals surface area contributed by atoms with Crippen LogP contribution in [-0.4, -0.2) is 20.8 Å². The number of benzene rings is 2. The molecule has 1 heterocycles. The number of aromatic nitrogens is 3. The second-order valence-electron chi connectivity index (χ2n) is 7.64. The van der Waals surface area contributed by atoms with E-state index in [1.165, 1.54) is 10.2 Å². The molecule has 0 aliphatic heterocycles. The standard InChI is InChI=1S/C21H25N5O2S/c1-21(2,3)15-9-11-16(12-10-15)28-13-17-24-25-20(26(17)23)29-18(19(22)27)14-7-5-4-6-8-14/h4-12,18H,13,23H2,1-3H3,(H2,22,27). The van der Waals surface area contributed by atoms with Crippen LogP contribution in [0.5, 0.6) is 5.75 Å². The average molecular weight is 412 g/mol. The van der Waals surface area contributed by atoms with Crippen molar-refractivity contribution in [2.75, 3.05) is 5.84 Å². The SMILES string of the molecule is CC(C)(C)c1ccc(OCc2nnc(SC(C(N)=O)c3ccccc3)n2N)cc1. The van der Waals surface area contributed by atoms with Crippen LogP contribution >= 0.6 is 11.8 Å². The molecule has 3 aromatic rings. The first-order valence-corrected chi connectivity index (χ1v) is 10.1. The Bertz CT molecular complexity index is 965. The molecule has 1 aromatic heterocycles. The minimum atomic E-state index is -0.610. The Kier molecular flexibility index (Phi) is 6.12. The second kappa shape index (κ2) is 8.57. The van der Waals surface area contributed by atoms with E-state index in [0.717, 1.165) is 23.1 Å². The Balaban J connectivity index is 1.68. The summed E-state index contributed by atoms with van der Waals surface area (Å²) < 4.78 is 7.11. The lowest BCUT2D eigenvalue weighted by atomic mass is 9.87. The smallest absolute Gasteiger partial charge is 0.235 e. The molecule has 1 amide bonds. The molecule has 2 aromatic carbocycles. The number of hydrogen-bond acceptors (Lipinski definition) is 6. The van der Waals surface area contributed by atoms with Crippen molar-refractivity contribution in [2.24, 2.45) is 5.73 Å². The van der Waals surface area contributed by atoms with Crippen LogP contribution in [-0.2, 0) is 16.8 Å². The van der Waals surface area contributed by atoms with Crippen molar-refractivity contribution in [2.45, 2.75) is 43.2 Å². The van der Waals surface area contributed by atoms with E-state index in [2.05, 4.69) is 31.0 Å². The molecule has 0 spiro atoms. The van der Waals surface area contributed by atoms with Crippen molar-refractivity contribution in [1.29, 1.82) is 0 Å². The summed E-state index contributed by atoms with van der Waals surface area (Å²) in [6, 6.07) is 17.2. The highest BCUT2D eigenvalue weighted by molar-refractivity contribution is 8.00. The van der Waals surface area contributed by atoms with Crippen molar-refractivity contribution in [3.05, 3.63) is 71.5 Å². The molecule has 29 heavy (non-hydrogen) atoms. The van der Waals surface area contributed by atoms with Gasteiger partial charge >= 0.3 is 0 Å². The van der Waals surface area contributed by atoms with Gasteiger partial charge in [0, 0.05) is 0 Å². The van der Waals surface area contributed by atoms with Crippen molar-refractivity contribution in [1.82, 2.24) is 14.9 Å². The number of amides is 1. The molecule has 3 rings (SSSR count). The first-order chi connectivity index (χ1) is 13.8. The number of nitrogens with zero attached hydrogens (tertiary/aromatic N) is 3. The van der Waals surface area contributed by atoms with Gasteiger partial charge in [0.05, 0.1) is 0 Å². The first kappa shape index (κ1) is 20.7. The first-order valence-electron chi connectivity index (χ1n) is 9.19. The van der Waals surface area contributed by atoms with Crippen molar-refractivity contribution >= 4 is 17.7 Å². The van der Waals surface area contributed by atoms with Gasteiger partial charge in [0.15, 0.2) is 5.82 Å². The largest absolute Gasteiger partial charge is 0.486 e. The third-order valence-corrected chi connectivity index (χ3v) is 5.64. The minimum Gasteiger partial charge on any atom is -0.486 e. The third kappa shape index (κ3) is 5.08. The molecule has 1 atom stereocenters. The fraction of sp³-hybridized carbons (Fsp3) is 0.286. The number of hydrogen-bond donors (Lipinski definition) is 2. The maximum Gasteiger partial charge on any atom is 0.235 e. The van der Waals surface area contributed by atoms with Crippen LogP contribution in [0.2, 0.25) is 0 Å². The average Bonchev–Trinajstić information content (AvgIpc) is 3.04. The van der Waals surface area contributed by atoms with Crippen LogP contribution in [0, 0.1) is 0 Å². The Morgan fingerprint density at radius 1 is 1.10 bits per heavy atom. The van der Waals surface area contributed by atoms with Crippen LogP contribution in [0.4, 0.5) is 0 Å². The number of nitrogen functional groups attached to an aromatic ring is 1. The summed E-state index contributed by atoms with van der Waals surface area (Å²) in [5, 5.41) is 7.95. The maximum absolute atomic E-state index is 11.9. The van der Waals surface area contributed by atoms with E-state index in [1.54, 1.807) is 0 Å². The van der Waals surface area contributed by atoms with Crippen molar-refractivity contribution in [3.63, 3.8) is 0 Å². The molecule has 0 aliphatic rings. The predicted octanol–water partition coefficient (Wildman–Crippen LogP) is 3.19. The van der Waals surface area contributed by atoms with E-state index in [1.807, 2.05) is 54.6 Å². The van der Waals surface area contributed by atoms with E-state index < -0.39 is 11.2 Å². The monoisotopic (exact) mass is 411 g/mol. The molecule has 152 valence electrons. The quantitative estimate of drug-likeness (QED) is 0.456. The Labute approximate surface area is 174 Å². The van der Waals surface area contributed by atoms with Gasteiger partial charge in [-0.25, -0.2) is 4.68 Å². The molecule has 1 unspecified atom stereocenters. The summed E-state index contributed by atoms with van der Waals surface area (Å²) in [5.74, 6) is 6.81. The molecule has 8 heteroatoms. The fourth-order valence-corrected chi connectivity index (χ4v) is 3.64. The Hall–Kier alpha value is -3.00.